The summed E-state index contributed by atoms with van der Waals surface area (Å²) in [6, 6.07) is 11.0. The van der Waals surface area contributed by atoms with E-state index in [9.17, 15) is 0 Å². The van der Waals surface area contributed by atoms with Gasteiger partial charge in [0.2, 0.25) is 0 Å². The summed E-state index contributed by atoms with van der Waals surface area (Å²) in [5.41, 5.74) is 8.19. The molecule has 0 aromatic heterocycles. The molecule has 1 heteroatoms. The third kappa shape index (κ3) is 9.79. The fourth-order valence-electron chi connectivity index (χ4n) is 4.40. The number of unbranched alkanes of at least 4 members (excludes halogenated alkanes) is 11. The monoisotopic (exact) mass is 373 g/mol. The molecule has 0 saturated carbocycles. The minimum Gasteiger partial charge on any atom is -0.325 e. The van der Waals surface area contributed by atoms with Crippen LogP contribution in [0.3, 0.4) is 0 Å². The number of nitrogens with two attached hydrogens (primary N) is 1. The van der Waals surface area contributed by atoms with Crippen molar-refractivity contribution in [3.63, 3.8) is 0 Å². The zero-order valence-electron chi connectivity index (χ0n) is 18.6. The van der Waals surface area contributed by atoms with Gasteiger partial charge in [-0.05, 0) is 24.8 Å². The molecule has 0 aliphatic heterocycles. The van der Waals surface area contributed by atoms with Crippen molar-refractivity contribution in [1.29, 1.82) is 0 Å². The average Bonchev–Trinajstić information content (AvgIpc) is 2.71. The quantitative estimate of drug-likeness (QED) is 0.273. The highest BCUT2D eigenvalue weighted by Gasteiger charge is 2.32. The van der Waals surface area contributed by atoms with Gasteiger partial charge in [-0.2, -0.15) is 0 Å². The first-order chi connectivity index (χ1) is 13.2. The van der Waals surface area contributed by atoms with Gasteiger partial charge < -0.3 is 5.73 Å². The zero-order valence-corrected chi connectivity index (χ0v) is 18.6. The summed E-state index contributed by atoms with van der Waals surface area (Å²) >= 11 is 0. The molecule has 0 heterocycles. The van der Waals surface area contributed by atoms with Crippen LogP contribution in [0.25, 0.3) is 0 Å². The Morgan fingerprint density at radius 2 is 1.11 bits per heavy atom. The summed E-state index contributed by atoms with van der Waals surface area (Å²) in [7, 11) is 0. The molecule has 0 amide bonds. The van der Waals surface area contributed by atoms with E-state index in [2.05, 4.69) is 51.1 Å². The van der Waals surface area contributed by atoms with Crippen LogP contribution in [0.5, 0.6) is 0 Å². The maximum Gasteiger partial charge on any atom is 0.0218 e. The van der Waals surface area contributed by atoms with Gasteiger partial charge >= 0.3 is 0 Å². The normalized spacial score (nSPS) is 13.0. The van der Waals surface area contributed by atoms with E-state index in [1.807, 2.05) is 0 Å². The van der Waals surface area contributed by atoms with Crippen molar-refractivity contribution in [1.82, 2.24) is 0 Å². The molecule has 0 radical (unpaired) electrons. The lowest BCUT2D eigenvalue weighted by molar-refractivity contribution is 0.300. The van der Waals surface area contributed by atoms with Crippen LogP contribution in [0.2, 0.25) is 0 Å². The maximum absolute atomic E-state index is 6.81. The van der Waals surface area contributed by atoms with E-state index in [0.717, 1.165) is 12.8 Å². The third-order valence-electron chi connectivity index (χ3n) is 6.56. The Hall–Kier alpha value is -0.820. The molecule has 0 spiro atoms. The lowest BCUT2D eigenvalue weighted by Gasteiger charge is -2.37. The first kappa shape index (κ1) is 24.2. The Morgan fingerprint density at radius 3 is 1.56 bits per heavy atom. The standard InChI is InChI=1S/C26H47N/c1-4-7-8-9-10-11-12-13-14-15-16-20-23-25(26(27,5-2)6-3)24-21-18-17-19-22-24/h17-19,21-22,25H,4-16,20,23,27H2,1-3H3. The summed E-state index contributed by atoms with van der Waals surface area (Å²) in [5.74, 6) is 0.497. The largest absolute Gasteiger partial charge is 0.325 e. The second-order valence-corrected chi connectivity index (χ2v) is 8.58. The van der Waals surface area contributed by atoms with E-state index in [0.29, 0.717) is 5.92 Å². The van der Waals surface area contributed by atoms with Crippen LogP contribution < -0.4 is 5.73 Å². The molecule has 1 aromatic rings. The first-order valence-electron chi connectivity index (χ1n) is 12.0. The third-order valence-corrected chi connectivity index (χ3v) is 6.56. The van der Waals surface area contributed by atoms with Gasteiger partial charge in [-0.3, -0.25) is 0 Å². The number of benzene rings is 1. The van der Waals surface area contributed by atoms with Crippen molar-refractivity contribution in [3.8, 4) is 0 Å². The summed E-state index contributed by atoms with van der Waals surface area (Å²) in [4.78, 5) is 0. The van der Waals surface area contributed by atoms with Gasteiger partial charge in [-0.15, -0.1) is 0 Å². The lowest BCUT2D eigenvalue weighted by atomic mass is 9.73. The van der Waals surface area contributed by atoms with Crippen molar-refractivity contribution < 1.29 is 0 Å². The molecular weight excluding hydrogens is 326 g/mol. The highest BCUT2D eigenvalue weighted by Crippen LogP contribution is 2.36. The van der Waals surface area contributed by atoms with Gasteiger partial charge in [0.1, 0.15) is 0 Å². The van der Waals surface area contributed by atoms with E-state index in [4.69, 9.17) is 5.73 Å². The molecule has 2 N–H and O–H groups in total. The molecule has 1 unspecified atom stereocenters. The maximum atomic E-state index is 6.81. The van der Waals surface area contributed by atoms with Crippen LogP contribution in [0.15, 0.2) is 30.3 Å². The van der Waals surface area contributed by atoms with Crippen molar-refractivity contribution >= 4 is 0 Å². The first-order valence-corrected chi connectivity index (χ1v) is 12.0. The Balaban J connectivity index is 2.21. The van der Waals surface area contributed by atoms with Gasteiger partial charge in [0.15, 0.2) is 0 Å². The average molecular weight is 374 g/mol. The minimum atomic E-state index is -0.0564. The molecule has 0 aliphatic rings. The molecule has 0 saturated heterocycles. The van der Waals surface area contributed by atoms with E-state index < -0.39 is 0 Å². The van der Waals surface area contributed by atoms with Crippen LogP contribution in [0, 0.1) is 0 Å². The lowest BCUT2D eigenvalue weighted by Crippen LogP contribution is -2.44. The van der Waals surface area contributed by atoms with E-state index in [1.54, 1.807) is 0 Å². The molecule has 0 bridgehead atoms. The summed E-state index contributed by atoms with van der Waals surface area (Å²) in [5, 5.41) is 0. The van der Waals surface area contributed by atoms with Crippen molar-refractivity contribution in [2.24, 2.45) is 5.73 Å². The second kappa shape index (κ2) is 15.1. The summed E-state index contributed by atoms with van der Waals surface area (Å²) < 4.78 is 0. The van der Waals surface area contributed by atoms with Crippen LogP contribution in [0.4, 0.5) is 0 Å². The van der Waals surface area contributed by atoms with Gasteiger partial charge in [-0.25, -0.2) is 0 Å². The van der Waals surface area contributed by atoms with E-state index in [1.165, 1.54) is 89.0 Å². The number of hydrogen-bond acceptors (Lipinski definition) is 1. The smallest absolute Gasteiger partial charge is 0.0218 e. The van der Waals surface area contributed by atoms with Gasteiger partial charge in [0.25, 0.3) is 0 Å². The minimum absolute atomic E-state index is 0.0564. The molecule has 1 nitrogen and oxygen atoms in total. The molecule has 1 atom stereocenters. The highest BCUT2D eigenvalue weighted by atomic mass is 14.8. The number of hydrogen-bond donors (Lipinski definition) is 1. The number of rotatable bonds is 17. The Morgan fingerprint density at radius 1 is 0.667 bits per heavy atom. The topological polar surface area (TPSA) is 26.0 Å². The van der Waals surface area contributed by atoms with Gasteiger partial charge in [0, 0.05) is 11.5 Å². The molecule has 0 fully saturated rings. The second-order valence-electron chi connectivity index (χ2n) is 8.58. The van der Waals surface area contributed by atoms with Crippen LogP contribution in [-0.4, -0.2) is 5.54 Å². The molecule has 1 aromatic carbocycles. The zero-order chi connectivity index (χ0) is 19.8. The van der Waals surface area contributed by atoms with Crippen LogP contribution >= 0.6 is 0 Å². The Kier molecular flexibility index (Phi) is 13.6. The molecule has 156 valence electrons. The van der Waals surface area contributed by atoms with Crippen LogP contribution in [0.1, 0.15) is 129 Å². The Bertz CT molecular complexity index is 435. The Labute approximate surface area is 170 Å². The molecule has 27 heavy (non-hydrogen) atoms. The summed E-state index contributed by atoms with van der Waals surface area (Å²) in [6.07, 6.45) is 20.3. The van der Waals surface area contributed by atoms with E-state index >= 15 is 0 Å². The van der Waals surface area contributed by atoms with Gasteiger partial charge in [0.05, 0.1) is 0 Å². The molecule has 0 aliphatic carbocycles. The van der Waals surface area contributed by atoms with Crippen LogP contribution in [-0.2, 0) is 0 Å². The fourth-order valence-corrected chi connectivity index (χ4v) is 4.40. The summed E-state index contributed by atoms with van der Waals surface area (Å²) in [6.45, 7) is 6.80. The highest BCUT2D eigenvalue weighted by molar-refractivity contribution is 5.23. The van der Waals surface area contributed by atoms with Crippen molar-refractivity contribution in [2.45, 2.75) is 129 Å². The van der Waals surface area contributed by atoms with Gasteiger partial charge in [-0.1, -0.05) is 128 Å². The fraction of sp³-hybridized carbons (Fsp3) is 0.769. The molecular formula is C26H47N. The molecule has 1 rings (SSSR count). The predicted octanol–water partition coefficient (Wildman–Crippen LogP) is 8.38. The van der Waals surface area contributed by atoms with Crippen molar-refractivity contribution in [3.05, 3.63) is 35.9 Å². The van der Waals surface area contributed by atoms with Crippen molar-refractivity contribution in [2.75, 3.05) is 0 Å². The van der Waals surface area contributed by atoms with E-state index in [-0.39, 0.29) is 5.54 Å². The predicted molar refractivity (Wildman–Crippen MR) is 122 cm³/mol. The SMILES string of the molecule is CCCCCCCCCCCCCCC(c1ccccc1)C(N)(CC)CC.